The number of carbonyl (C=O) groups is 1. The molecule has 0 aromatic heterocycles. The van der Waals surface area contributed by atoms with Crippen molar-refractivity contribution in [3.05, 3.63) is 33.8 Å². The first-order valence-corrected chi connectivity index (χ1v) is 11.4. The summed E-state index contributed by atoms with van der Waals surface area (Å²) in [6.45, 7) is 2.14. The minimum Gasteiger partial charge on any atom is -0.356 e. The Hall–Kier alpha value is -0.860. The molecule has 0 radical (unpaired) electrons. The summed E-state index contributed by atoms with van der Waals surface area (Å²) in [7, 11) is 0.414. The van der Waals surface area contributed by atoms with Crippen molar-refractivity contribution in [1.82, 2.24) is 14.5 Å². The summed E-state index contributed by atoms with van der Waals surface area (Å²) in [6, 6.07) is 4.79. The highest BCUT2D eigenvalue weighted by molar-refractivity contribution is 7.88. The maximum absolute atomic E-state index is 12.8. The first kappa shape index (κ1) is 22.4. The number of halogens is 2. The first-order valence-electron chi connectivity index (χ1n) is 9.03. The van der Waals surface area contributed by atoms with Gasteiger partial charge in [-0.3, -0.25) is 4.79 Å². The summed E-state index contributed by atoms with van der Waals surface area (Å²) in [6.07, 6.45) is 2.24. The summed E-state index contributed by atoms with van der Waals surface area (Å²) >= 11 is 12.0. The molecule has 1 atom stereocenters. The lowest BCUT2D eigenvalue weighted by atomic mass is 9.99. The van der Waals surface area contributed by atoms with Gasteiger partial charge in [-0.05, 0) is 57.6 Å². The van der Waals surface area contributed by atoms with E-state index in [1.54, 1.807) is 12.1 Å². The Morgan fingerprint density at radius 2 is 2.07 bits per heavy atom. The van der Waals surface area contributed by atoms with Crippen molar-refractivity contribution in [3.8, 4) is 0 Å². The van der Waals surface area contributed by atoms with Crippen LogP contribution < -0.4 is 5.32 Å². The number of rotatable bonds is 8. The van der Waals surface area contributed by atoms with Gasteiger partial charge in [0.05, 0.1) is 11.7 Å². The Balaban J connectivity index is 1.94. The van der Waals surface area contributed by atoms with Crippen LogP contribution in [0.3, 0.4) is 0 Å². The van der Waals surface area contributed by atoms with Crippen LogP contribution in [0.25, 0.3) is 0 Å². The topological polar surface area (TPSA) is 69.7 Å². The zero-order valence-corrected chi connectivity index (χ0v) is 18.1. The summed E-state index contributed by atoms with van der Waals surface area (Å²) in [5.41, 5.74) is 0.510. The van der Waals surface area contributed by atoms with Crippen molar-refractivity contribution < 1.29 is 13.2 Å². The number of piperidine rings is 1. The molecule has 1 heterocycles. The highest BCUT2D eigenvalue weighted by Crippen LogP contribution is 2.26. The lowest BCUT2D eigenvalue weighted by Gasteiger charge is -2.31. The van der Waals surface area contributed by atoms with E-state index in [0.717, 1.165) is 13.0 Å². The van der Waals surface area contributed by atoms with Crippen molar-refractivity contribution in [2.24, 2.45) is 5.92 Å². The standard InChI is InChI=1S/C18H27Cl2N3O3S/c1-22(2)9-4-8-21-18(24)14-5-3-10-23(12-14)27(25,26)13-15-6-7-16(19)11-17(15)20/h6-7,11,14H,3-5,8-10,12-13H2,1-2H3,(H,21,24)/t14-/m1/s1. The molecular weight excluding hydrogens is 409 g/mol. The van der Waals surface area contributed by atoms with Gasteiger partial charge in [0, 0.05) is 29.7 Å². The third-order valence-corrected chi connectivity index (χ3v) is 6.96. The molecule has 1 N–H and O–H groups in total. The number of benzene rings is 1. The molecule has 1 saturated heterocycles. The van der Waals surface area contributed by atoms with Crippen LogP contribution >= 0.6 is 23.2 Å². The molecule has 1 amide bonds. The number of hydrogen-bond acceptors (Lipinski definition) is 4. The minimum absolute atomic E-state index is 0.0711. The van der Waals surface area contributed by atoms with E-state index in [0.29, 0.717) is 41.5 Å². The predicted octanol–water partition coefficient (Wildman–Crippen LogP) is 2.60. The molecular formula is C18H27Cl2N3O3S. The lowest BCUT2D eigenvalue weighted by Crippen LogP contribution is -2.46. The molecule has 152 valence electrons. The highest BCUT2D eigenvalue weighted by Gasteiger charge is 2.32. The number of amides is 1. The van der Waals surface area contributed by atoms with Gasteiger partial charge >= 0.3 is 0 Å². The van der Waals surface area contributed by atoms with E-state index < -0.39 is 10.0 Å². The number of carbonyl (C=O) groups excluding carboxylic acids is 1. The molecule has 1 aromatic rings. The van der Waals surface area contributed by atoms with E-state index in [4.69, 9.17) is 23.2 Å². The molecule has 6 nitrogen and oxygen atoms in total. The van der Waals surface area contributed by atoms with Crippen molar-refractivity contribution in [3.63, 3.8) is 0 Å². The van der Waals surface area contributed by atoms with E-state index in [2.05, 4.69) is 10.2 Å². The number of nitrogens with zero attached hydrogens (tertiary/aromatic N) is 2. The SMILES string of the molecule is CN(C)CCCNC(=O)[C@@H]1CCCN(S(=O)(=O)Cc2ccc(Cl)cc2Cl)C1. The van der Waals surface area contributed by atoms with Crippen LogP contribution in [0.1, 0.15) is 24.8 Å². The molecule has 1 fully saturated rings. The third-order valence-electron chi connectivity index (χ3n) is 4.58. The number of sulfonamides is 1. The number of nitrogens with one attached hydrogen (secondary N) is 1. The molecule has 1 aliphatic heterocycles. The summed E-state index contributed by atoms with van der Waals surface area (Å²) < 4.78 is 27.0. The summed E-state index contributed by atoms with van der Waals surface area (Å²) in [4.78, 5) is 14.4. The molecule has 2 rings (SSSR count). The van der Waals surface area contributed by atoms with Gasteiger partial charge in [-0.1, -0.05) is 29.3 Å². The van der Waals surface area contributed by atoms with Gasteiger partial charge in [-0.25, -0.2) is 12.7 Å². The zero-order valence-electron chi connectivity index (χ0n) is 15.7. The second kappa shape index (κ2) is 10.1. The molecule has 1 aliphatic rings. The second-order valence-corrected chi connectivity index (χ2v) is 9.95. The predicted molar refractivity (Wildman–Crippen MR) is 110 cm³/mol. The van der Waals surface area contributed by atoms with Gasteiger partial charge in [0.2, 0.25) is 15.9 Å². The van der Waals surface area contributed by atoms with E-state index >= 15 is 0 Å². The van der Waals surface area contributed by atoms with Gasteiger partial charge < -0.3 is 10.2 Å². The molecule has 0 saturated carbocycles. The van der Waals surface area contributed by atoms with Crippen molar-refractivity contribution in [2.75, 3.05) is 40.3 Å². The average Bonchev–Trinajstić information content (AvgIpc) is 2.61. The monoisotopic (exact) mass is 435 g/mol. The molecule has 27 heavy (non-hydrogen) atoms. The molecule has 0 bridgehead atoms. The van der Waals surface area contributed by atoms with Crippen molar-refractivity contribution in [2.45, 2.75) is 25.0 Å². The van der Waals surface area contributed by atoms with E-state index in [9.17, 15) is 13.2 Å². The van der Waals surface area contributed by atoms with Crippen LogP contribution in [-0.2, 0) is 20.6 Å². The average molecular weight is 436 g/mol. The maximum Gasteiger partial charge on any atom is 0.224 e. The molecule has 0 spiro atoms. The van der Waals surface area contributed by atoms with Crippen LogP contribution in [0.15, 0.2) is 18.2 Å². The molecule has 0 unspecified atom stereocenters. The Morgan fingerprint density at radius 3 is 2.74 bits per heavy atom. The Morgan fingerprint density at radius 1 is 1.33 bits per heavy atom. The fraction of sp³-hybridized carbons (Fsp3) is 0.611. The quantitative estimate of drug-likeness (QED) is 0.637. The van der Waals surface area contributed by atoms with Crippen LogP contribution in [0.4, 0.5) is 0 Å². The summed E-state index contributed by atoms with van der Waals surface area (Å²) in [5, 5.41) is 3.72. The van der Waals surface area contributed by atoms with Gasteiger partial charge in [-0.2, -0.15) is 0 Å². The number of hydrogen-bond donors (Lipinski definition) is 1. The third kappa shape index (κ3) is 6.91. The van der Waals surface area contributed by atoms with Gasteiger partial charge in [0.25, 0.3) is 0 Å². The van der Waals surface area contributed by atoms with Gasteiger partial charge in [-0.15, -0.1) is 0 Å². The van der Waals surface area contributed by atoms with Crippen LogP contribution in [0, 0.1) is 5.92 Å². The van der Waals surface area contributed by atoms with Crippen molar-refractivity contribution in [1.29, 1.82) is 0 Å². The Bertz CT molecular complexity index is 756. The molecule has 9 heteroatoms. The maximum atomic E-state index is 12.8. The second-order valence-electron chi connectivity index (χ2n) is 7.14. The highest BCUT2D eigenvalue weighted by atomic mass is 35.5. The minimum atomic E-state index is -3.56. The largest absolute Gasteiger partial charge is 0.356 e. The van der Waals surface area contributed by atoms with Crippen LogP contribution in [-0.4, -0.2) is 63.8 Å². The van der Waals surface area contributed by atoms with Crippen LogP contribution in [0.5, 0.6) is 0 Å². The Labute approximate surface area is 171 Å². The molecule has 1 aromatic carbocycles. The van der Waals surface area contributed by atoms with Crippen molar-refractivity contribution >= 4 is 39.1 Å². The lowest BCUT2D eigenvalue weighted by molar-refractivity contribution is -0.126. The Kier molecular flexibility index (Phi) is 8.37. The normalized spacial score (nSPS) is 18.6. The van der Waals surface area contributed by atoms with Gasteiger partial charge in [0.15, 0.2) is 0 Å². The first-order chi connectivity index (χ1) is 12.7. The van der Waals surface area contributed by atoms with E-state index in [-0.39, 0.29) is 24.1 Å². The van der Waals surface area contributed by atoms with E-state index in [1.807, 2.05) is 14.1 Å². The van der Waals surface area contributed by atoms with Crippen LogP contribution in [0.2, 0.25) is 10.0 Å². The fourth-order valence-corrected chi connectivity index (χ4v) is 5.28. The fourth-order valence-electron chi connectivity index (χ4n) is 3.09. The van der Waals surface area contributed by atoms with E-state index in [1.165, 1.54) is 10.4 Å². The molecule has 0 aliphatic carbocycles. The summed E-state index contributed by atoms with van der Waals surface area (Å²) in [5.74, 6) is -0.577. The van der Waals surface area contributed by atoms with Gasteiger partial charge in [0.1, 0.15) is 0 Å². The smallest absolute Gasteiger partial charge is 0.224 e. The zero-order chi connectivity index (χ0) is 20.0.